The minimum atomic E-state index is -0.0875. The SMILES string of the molecule is CCCn1ncc(NC(c2cccs2)C(C)C)c(Br)c1=O. The topological polar surface area (TPSA) is 46.9 Å². The Balaban J connectivity index is 2.30. The predicted octanol–water partition coefficient (Wildman–Crippen LogP) is 4.29. The van der Waals surface area contributed by atoms with Gasteiger partial charge in [0, 0.05) is 11.4 Å². The third-order valence-electron chi connectivity index (χ3n) is 3.25. The molecule has 0 aromatic carbocycles. The second-order valence-electron chi connectivity index (χ2n) is 5.28. The van der Waals surface area contributed by atoms with Crippen molar-refractivity contribution in [3.63, 3.8) is 0 Å². The molecule has 6 heteroatoms. The highest BCUT2D eigenvalue weighted by molar-refractivity contribution is 9.10. The van der Waals surface area contributed by atoms with Gasteiger partial charge in [-0.2, -0.15) is 5.10 Å². The lowest BCUT2D eigenvalue weighted by Crippen LogP contribution is -2.25. The number of thiophene rings is 1. The summed E-state index contributed by atoms with van der Waals surface area (Å²) in [7, 11) is 0. The molecule has 1 unspecified atom stereocenters. The van der Waals surface area contributed by atoms with Crippen molar-refractivity contribution >= 4 is 33.0 Å². The van der Waals surface area contributed by atoms with Gasteiger partial charge in [-0.15, -0.1) is 11.3 Å². The molecule has 114 valence electrons. The van der Waals surface area contributed by atoms with Gasteiger partial charge in [0.1, 0.15) is 4.47 Å². The number of hydrogen-bond donors (Lipinski definition) is 1. The number of aromatic nitrogens is 2. The molecule has 2 aromatic heterocycles. The summed E-state index contributed by atoms with van der Waals surface area (Å²) in [5, 5.41) is 9.75. The Hall–Kier alpha value is -1.14. The van der Waals surface area contributed by atoms with Gasteiger partial charge < -0.3 is 5.32 Å². The van der Waals surface area contributed by atoms with Crippen molar-refractivity contribution in [3.8, 4) is 0 Å². The third-order valence-corrected chi connectivity index (χ3v) is 4.97. The third kappa shape index (κ3) is 3.74. The molecular formula is C15H20BrN3OS. The number of nitrogens with zero attached hydrogens (tertiary/aromatic N) is 2. The molecule has 0 spiro atoms. The lowest BCUT2D eigenvalue weighted by molar-refractivity contribution is 0.546. The number of hydrogen-bond acceptors (Lipinski definition) is 4. The van der Waals surface area contributed by atoms with Crippen LogP contribution in [0.25, 0.3) is 0 Å². The second-order valence-corrected chi connectivity index (χ2v) is 7.05. The number of halogens is 1. The summed E-state index contributed by atoms with van der Waals surface area (Å²) in [6.07, 6.45) is 2.61. The summed E-state index contributed by atoms with van der Waals surface area (Å²) in [4.78, 5) is 13.5. The zero-order chi connectivity index (χ0) is 15.4. The maximum absolute atomic E-state index is 12.2. The smallest absolute Gasteiger partial charge is 0.283 e. The minimum absolute atomic E-state index is 0.0875. The summed E-state index contributed by atoms with van der Waals surface area (Å²) >= 11 is 5.13. The van der Waals surface area contributed by atoms with Gasteiger partial charge >= 0.3 is 0 Å². The number of aryl methyl sites for hydroxylation is 1. The first-order valence-corrected chi connectivity index (χ1v) is 8.77. The lowest BCUT2D eigenvalue weighted by Gasteiger charge is -2.23. The van der Waals surface area contributed by atoms with E-state index in [0.717, 1.165) is 12.1 Å². The van der Waals surface area contributed by atoms with E-state index in [2.05, 4.69) is 51.6 Å². The van der Waals surface area contributed by atoms with Crippen LogP contribution in [0.2, 0.25) is 0 Å². The van der Waals surface area contributed by atoms with Gasteiger partial charge in [0.15, 0.2) is 0 Å². The highest BCUT2D eigenvalue weighted by Gasteiger charge is 2.19. The van der Waals surface area contributed by atoms with Crippen LogP contribution in [0.5, 0.6) is 0 Å². The largest absolute Gasteiger partial charge is 0.375 e. The fourth-order valence-corrected chi connectivity index (χ4v) is 3.51. The molecule has 0 aliphatic rings. The molecule has 0 bridgehead atoms. The van der Waals surface area contributed by atoms with Crippen molar-refractivity contribution in [2.24, 2.45) is 5.92 Å². The highest BCUT2D eigenvalue weighted by Crippen LogP contribution is 2.31. The zero-order valence-electron chi connectivity index (χ0n) is 12.5. The molecule has 2 rings (SSSR count). The molecule has 0 saturated heterocycles. The Bertz CT molecular complexity index is 637. The Labute approximate surface area is 137 Å². The molecule has 0 saturated carbocycles. The number of nitrogens with one attached hydrogen (secondary N) is 1. The van der Waals surface area contributed by atoms with Crippen LogP contribution in [-0.2, 0) is 6.54 Å². The average Bonchev–Trinajstić information content (AvgIpc) is 2.97. The standard InChI is InChI=1S/C15H20BrN3OS/c1-4-7-19-15(20)13(16)11(9-17-19)18-14(10(2)3)12-6-5-8-21-12/h5-6,8-10,14,18H,4,7H2,1-3H3. The highest BCUT2D eigenvalue weighted by atomic mass is 79.9. The monoisotopic (exact) mass is 369 g/mol. The first-order valence-electron chi connectivity index (χ1n) is 7.10. The van der Waals surface area contributed by atoms with E-state index in [-0.39, 0.29) is 11.6 Å². The number of anilines is 1. The quantitative estimate of drug-likeness (QED) is 0.825. The van der Waals surface area contributed by atoms with E-state index in [1.54, 1.807) is 17.5 Å². The van der Waals surface area contributed by atoms with Crippen molar-refractivity contribution in [1.29, 1.82) is 0 Å². The molecule has 1 atom stereocenters. The summed E-state index contributed by atoms with van der Waals surface area (Å²) in [5.74, 6) is 0.411. The maximum atomic E-state index is 12.2. The van der Waals surface area contributed by atoms with E-state index in [9.17, 15) is 4.79 Å². The van der Waals surface area contributed by atoms with Gasteiger partial charge in [0.2, 0.25) is 0 Å². The molecule has 0 aliphatic carbocycles. The van der Waals surface area contributed by atoms with E-state index < -0.39 is 0 Å². The van der Waals surface area contributed by atoms with Crippen LogP contribution < -0.4 is 10.9 Å². The predicted molar refractivity (Wildman–Crippen MR) is 92.0 cm³/mol. The first-order chi connectivity index (χ1) is 10.0. The minimum Gasteiger partial charge on any atom is -0.375 e. The fourth-order valence-electron chi connectivity index (χ4n) is 2.14. The van der Waals surface area contributed by atoms with Gasteiger partial charge in [-0.05, 0) is 39.7 Å². The van der Waals surface area contributed by atoms with Crippen LogP contribution in [0.4, 0.5) is 5.69 Å². The van der Waals surface area contributed by atoms with Crippen molar-refractivity contribution in [2.75, 3.05) is 5.32 Å². The summed E-state index contributed by atoms with van der Waals surface area (Å²) < 4.78 is 2.04. The van der Waals surface area contributed by atoms with Gasteiger partial charge in [-0.25, -0.2) is 4.68 Å². The molecule has 0 aliphatic heterocycles. The second kappa shape index (κ2) is 7.22. The van der Waals surface area contributed by atoms with Gasteiger partial charge in [0.25, 0.3) is 5.56 Å². The summed E-state index contributed by atoms with van der Waals surface area (Å²) in [6.45, 7) is 6.99. The summed E-state index contributed by atoms with van der Waals surface area (Å²) in [6, 6.07) is 4.33. The Kier molecular flexibility index (Phi) is 5.58. The Morgan fingerprint density at radius 3 is 2.81 bits per heavy atom. The zero-order valence-corrected chi connectivity index (χ0v) is 14.9. The maximum Gasteiger partial charge on any atom is 0.283 e. The molecular weight excluding hydrogens is 350 g/mol. The van der Waals surface area contributed by atoms with E-state index in [1.165, 1.54) is 9.56 Å². The van der Waals surface area contributed by atoms with Gasteiger partial charge in [0.05, 0.1) is 17.9 Å². The molecule has 4 nitrogen and oxygen atoms in total. The fraction of sp³-hybridized carbons (Fsp3) is 0.467. The number of rotatable bonds is 6. The van der Waals surface area contributed by atoms with Crippen LogP contribution in [0.15, 0.2) is 33.0 Å². The van der Waals surface area contributed by atoms with Crippen LogP contribution in [0.1, 0.15) is 38.1 Å². The molecule has 2 heterocycles. The molecule has 1 N–H and O–H groups in total. The van der Waals surface area contributed by atoms with E-state index in [0.29, 0.717) is 16.9 Å². The molecule has 21 heavy (non-hydrogen) atoms. The van der Waals surface area contributed by atoms with E-state index in [4.69, 9.17) is 0 Å². The molecule has 0 radical (unpaired) electrons. The van der Waals surface area contributed by atoms with Crippen LogP contribution >= 0.6 is 27.3 Å². The lowest BCUT2D eigenvalue weighted by atomic mass is 10.0. The first kappa shape index (κ1) is 16.2. The van der Waals surface area contributed by atoms with Gasteiger partial charge in [-0.3, -0.25) is 4.79 Å². The Morgan fingerprint density at radius 1 is 1.48 bits per heavy atom. The Morgan fingerprint density at radius 2 is 2.24 bits per heavy atom. The van der Waals surface area contributed by atoms with Crippen molar-refractivity contribution in [2.45, 2.75) is 39.8 Å². The van der Waals surface area contributed by atoms with E-state index in [1.807, 2.05) is 13.0 Å². The van der Waals surface area contributed by atoms with Gasteiger partial charge in [-0.1, -0.05) is 26.8 Å². The van der Waals surface area contributed by atoms with Crippen LogP contribution in [-0.4, -0.2) is 9.78 Å². The van der Waals surface area contributed by atoms with Crippen molar-refractivity contribution in [3.05, 3.63) is 43.4 Å². The average molecular weight is 370 g/mol. The molecule has 2 aromatic rings. The molecule has 0 fully saturated rings. The molecule has 0 amide bonds. The van der Waals surface area contributed by atoms with E-state index >= 15 is 0 Å². The van der Waals surface area contributed by atoms with Crippen LogP contribution in [0.3, 0.4) is 0 Å². The summed E-state index contributed by atoms with van der Waals surface area (Å²) in [5.41, 5.74) is 0.662. The van der Waals surface area contributed by atoms with Crippen molar-refractivity contribution < 1.29 is 0 Å². The normalized spacial score (nSPS) is 12.6. The van der Waals surface area contributed by atoms with Crippen molar-refractivity contribution in [1.82, 2.24) is 9.78 Å². The van der Waals surface area contributed by atoms with Crippen LogP contribution in [0, 0.1) is 5.92 Å².